The van der Waals surface area contributed by atoms with E-state index in [1.807, 2.05) is 6.33 Å². The van der Waals surface area contributed by atoms with Gasteiger partial charge in [0.1, 0.15) is 6.04 Å². The summed E-state index contributed by atoms with van der Waals surface area (Å²) in [5.41, 5.74) is 3.68. The highest BCUT2D eigenvalue weighted by atomic mass is 16.4. The van der Waals surface area contributed by atoms with E-state index in [2.05, 4.69) is 73.9 Å². The molecular weight excluding hydrogens is 472 g/mol. The topological polar surface area (TPSA) is 61.6 Å². The van der Waals surface area contributed by atoms with E-state index in [4.69, 9.17) is 0 Å². The van der Waals surface area contributed by atoms with Crippen LogP contribution in [0, 0.1) is 17.8 Å². The van der Waals surface area contributed by atoms with Gasteiger partial charge in [0.15, 0.2) is 0 Å². The number of piperidine rings is 1. The van der Waals surface area contributed by atoms with Crippen molar-refractivity contribution in [1.29, 1.82) is 0 Å². The number of carbonyl (C=O) groups is 1. The molecule has 1 N–H and O–H groups in total. The fraction of sp³-hybridized carbons (Fsp3) is 0.562. The first-order valence-corrected chi connectivity index (χ1v) is 14.8. The summed E-state index contributed by atoms with van der Waals surface area (Å²) >= 11 is 0. The molecule has 1 aromatic heterocycles. The number of rotatable bonds is 8. The van der Waals surface area contributed by atoms with Crippen LogP contribution in [-0.4, -0.2) is 69.2 Å². The molecule has 0 bridgehead atoms. The molecule has 3 aromatic rings. The summed E-state index contributed by atoms with van der Waals surface area (Å²) in [6.45, 7) is 6.12. The summed E-state index contributed by atoms with van der Waals surface area (Å²) < 4.78 is 2.33. The predicted octanol–water partition coefficient (Wildman–Crippen LogP) is 5.50. The molecule has 1 saturated carbocycles. The standard InChI is InChI=1S/C32H42N4O2/c37-32(38)31(26-11-5-2-6-12-26)35-21-27(28(22-35)25-9-3-1-4-10-25)20-34-17-15-24(16-18-34)19-36-23-33-29-13-7-8-14-30(29)36/h1,3-4,7-10,13-14,23-24,26-28,31H,2,5-6,11-12,15-22H2,(H,37,38)/t27?,28-,31-/m1/s1. The number of hydrogen-bond donors (Lipinski definition) is 1. The summed E-state index contributed by atoms with van der Waals surface area (Å²) in [5, 5.41) is 10.3. The molecule has 0 radical (unpaired) electrons. The number of benzene rings is 2. The molecule has 3 aliphatic rings. The van der Waals surface area contributed by atoms with Crippen molar-refractivity contribution in [3.8, 4) is 0 Å². The number of aliphatic carboxylic acids is 1. The van der Waals surface area contributed by atoms with Gasteiger partial charge in [0, 0.05) is 32.1 Å². The third-order valence-corrected chi connectivity index (χ3v) is 9.62. The minimum absolute atomic E-state index is 0.298. The second-order valence-electron chi connectivity index (χ2n) is 12.0. The molecule has 38 heavy (non-hydrogen) atoms. The van der Waals surface area contributed by atoms with E-state index in [1.54, 1.807) is 0 Å². The Morgan fingerprint density at radius 3 is 2.39 bits per heavy atom. The fourth-order valence-corrected chi connectivity index (χ4v) is 7.62. The average Bonchev–Trinajstić information content (AvgIpc) is 3.55. The van der Waals surface area contributed by atoms with E-state index >= 15 is 0 Å². The van der Waals surface area contributed by atoms with E-state index in [1.165, 1.54) is 43.2 Å². The number of aromatic nitrogens is 2. The minimum Gasteiger partial charge on any atom is -0.480 e. The van der Waals surface area contributed by atoms with Gasteiger partial charge in [0.2, 0.25) is 0 Å². The maximum Gasteiger partial charge on any atom is 0.321 e. The van der Waals surface area contributed by atoms with Crippen molar-refractivity contribution in [2.24, 2.45) is 17.8 Å². The number of imidazole rings is 1. The van der Waals surface area contributed by atoms with Crippen LogP contribution in [0.25, 0.3) is 11.0 Å². The number of likely N-dealkylation sites (tertiary alicyclic amines) is 2. The molecular formula is C32H42N4O2. The second kappa shape index (κ2) is 11.6. The number of carboxylic acids is 1. The molecule has 6 rings (SSSR count). The van der Waals surface area contributed by atoms with Gasteiger partial charge >= 0.3 is 5.97 Å². The van der Waals surface area contributed by atoms with Crippen LogP contribution < -0.4 is 0 Å². The Morgan fingerprint density at radius 1 is 0.895 bits per heavy atom. The monoisotopic (exact) mass is 514 g/mol. The smallest absolute Gasteiger partial charge is 0.321 e. The molecule has 2 aliphatic heterocycles. The van der Waals surface area contributed by atoms with Gasteiger partial charge in [-0.25, -0.2) is 4.98 Å². The Labute approximate surface area is 226 Å². The first-order valence-electron chi connectivity index (χ1n) is 14.8. The zero-order valence-electron chi connectivity index (χ0n) is 22.5. The maximum atomic E-state index is 12.5. The van der Waals surface area contributed by atoms with Gasteiger partial charge in [-0.15, -0.1) is 0 Å². The Balaban J connectivity index is 1.11. The first kappa shape index (κ1) is 25.6. The predicted molar refractivity (Wildman–Crippen MR) is 151 cm³/mol. The highest BCUT2D eigenvalue weighted by Crippen LogP contribution is 2.38. The van der Waals surface area contributed by atoms with Gasteiger partial charge in [-0.2, -0.15) is 0 Å². The van der Waals surface area contributed by atoms with E-state index in [-0.39, 0.29) is 6.04 Å². The lowest BCUT2D eigenvalue weighted by Crippen LogP contribution is -2.46. The van der Waals surface area contributed by atoms with Crippen molar-refractivity contribution in [3.05, 3.63) is 66.5 Å². The molecule has 2 aromatic carbocycles. The molecule has 3 atom stereocenters. The molecule has 1 aliphatic carbocycles. The summed E-state index contributed by atoms with van der Waals surface area (Å²) in [5.74, 6) is 1.23. The van der Waals surface area contributed by atoms with E-state index < -0.39 is 5.97 Å². The van der Waals surface area contributed by atoms with Gasteiger partial charge in [0.05, 0.1) is 17.4 Å². The van der Waals surface area contributed by atoms with E-state index in [0.717, 1.165) is 57.6 Å². The van der Waals surface area contributed by atoms with Crippen molar-refractivity contribution >= 4 is 17.0 Å². The fourth-order valence-electron chi connectivity index (χ4n) is 7.62. The van der Waals surface area contributed by atoms with Crippen LogP contribution in [0.1, 0.15) is 56.4 Å². The molecule has 0 amide bonds. The zero-order valence-corrected chi connectivity index (χ0v) is 22.5. The van der Waals surface area contributed by atoms with Crippen molar-refractivity contribution < 1.29 is 9.90 Å². The second-order valence-corrected chi connectivity index (χ2v) is 12.0. The van der Waals surface area contributed by atoms with Crippen LogP contribution in [0.3, 0.4) is 0 Å². The van der Waals surface area contributed by atoms with Gasteiger partial charge in [0.25, 0.3) is 0 Å². The molecule has 3 fully saturated rings. The summed E-state index contributed by atoms with van der Waals surface area (Å²) in [7, 11) is 0. The van der Waals surface area contributed by atoms with Crippen molar-refractivity contribution in [2.75, 3.05) is 32.7 Å². The third kappa shape index (κ3) is 5.52. The van der Waals surface area contributed by atoms with Gasteiger partial charge in [-0.05, 0) is 74.2 Å². The highest BCUT2D eigenvalue weighted by Gasteiger charge is 2.43. The van der Waals surface area contributed by atoms with Gasteiger partial charge in [-0.1, -0.05) is 61.7 Å². The largest absolute Gasteiger partial charge is 0.480 e. The van der Waals surface area contributed by atoms with Crippen LogP contribution in [0.4, 0.5) is 0 Å². The average molecular weight is 515 g/mol. The molecule has 1 unspecified atom stereocenters. The lowest BCUT2D eigenvalue weighted by molar-refractivity contribution is -0.145. The van der Waals surface area contributed by atoms with Crippen LogP contribution >= 0.6 is 0 Å². The third-order valence-electron chi connectivity index (χ3n) is 9.62. The van der Waals surface area contributed by atoms with Gasteiger partial charge in [-0.3, -0.25) is 9.69 Å². The van der Waals surface area contributed by atoms with Crippen LogP contribution in [0.5, 0.6) is 0 Å². The van der Waals surface area contributed by atoms with Crippen molar-refractivity contribution in [1.82, 2.24) is 19.4 Å². The maximum absolute atomic E-state index is 12.5. The van der Waals surface area contributed by atoms with Crippen LogP contribution in [0.2, 0.25) is 0 Å². The lowest BCUT2D eigenvalue weighted by Gasteiger charge is -2.35. The normalized spacial score (nSPS) is 25.2. The Morgan fingerprint density at radius 2 is 1.63 bits per heavy atom. The molecule has 3 heterocycles. The number of para-hydroxylation sites is 2. The van der Waals surface area contributed by atoms with Crippen molar-refractivity contribution in [3.63, 3.8) is 0 Å². The number of fused-ring (bicyclic) bond motifs is 1. The lowest BCUT2D eigenvalue weighted by atomic mass is 9.83. The number of nitrogens with zero attached hydrogens (tertiary/aromatic N) is 4. The van der Waals surface area contributed by atoms with E-state index in [9.17, 15) is 9.90 Å². The Bertz CT molecular complexity index is 1200. The zero-order chi connectivity index (χ0) is 25.9. The number of hydrogen-bond acceptors (Lipinski definition) is 4. The molecule has 6 nitrogen and oxygen atoms in total. The Kier molecular flexibility index (Phi) is 7.80. The molecule has 202 valence electrons. The van der Waals surface area contributed by atoms with Gasteiger partial charge < -0.3 is 14.6 Å². The van der Waals surface area contributed by atoms with Crippen LogP contribution in [0.15, 0.2) is 60.9 Å². The highest BCUT2D eigenvalue weighted by molar-refractivity contribution is 5.75. The molecule has 6 heteroatoms. The molecule has 0 spiro atoms. The first-order chi connectivity index (χ1) is 18.7. The molecule has 2 saturated heterocycles. The quantitative estimate of drug-likeness (QED) is 0.430. The Hall–Kier alpha value is -2.70. The van der Waals surface area contributed by atoms with Crippen molar-refractivity contribution in [2.45, 2.75) is 63.5 Å². The van der Waals surface area contributed by atoms with E-state index in [0.29, 0.717) is 23.7 Å². The summed E-state index contributed by atoms with van der Waals surface area (Å²) in [6, 6.07) is 18.9. The summed E-state index contributed by atoms with van der Waals surface area (Å²) in [6.07, 6.45) is 10.2. The number of carboxylic acid groups (broad SMARTS) is 1. The minimum atomic E-state index is -0.614. The SMILES string of the molecule is O=C(O)[C@@H](C1CCCCC1)N1CC(CN2CCC(Cn3cnc4ccccc43)CC2)[C@@H](c2ccccc2)C1. The van der Waals surface area contributed by atoms with Crippen LogP contribution in [-0.2, 0) is 11.3 Å². The summed E-state index contributed by atoms with van der Waals surface area (Å²) in [4.78, 5) is 22.1.